The Hall–Kier alpha value is -3.30. The molecule has 4 amide bonds. The average molecular weight is 350 g/mol. The van der Waals surface area contributed by atoms with Gasteiger partial charge in [0.15, 0.2) is 11.7 Å². The van der Waals surface area contributed by atoms with Crippen LogP contribution in [0.15, 0.2) is 28.8 Å². The number of nitrogens with zero attached hydrogens (tertiary/aromatic N) is 2. The maximum Gasteiger partial charge on any atom is 0.343 e. The molecule has 0 atom stereocenters. The number of oxazole rings is 1. The lowest BCUT2D eigenvalue weighted by molar-refractivity contribution is -0.125. The normalized spacial score (nSPS) is 13.9. The van der Waals surface area contributed by atoms with Crippen molar-refractivity contribution in [2.45, 2.75) is 12.8 Å². The molecule has 130 valence electrons. The number of urea groups is 1. The van der Waals surface area contributed by atoms with Crippen molar-refractivity contribution >= 4 is 17.8 Å². The van der Waals surface area contributed by atoms with Gasteiger partial charge in [0.05, 0.1) is 11.8 Å². The molecule has 0 spiro atoms. The predicted octanol–water partition coefficient (Wildman–Crippen LogP) is 1.14. The molecule has 1 aromatic carbocycles. The van der Waals surface area contributed by atoms with Crippen molar-refractivity contribution in [3.8, 4) is 11.3 Å². The highest BCUT2D eigenvalue weighted by Gasteiger charge is 2.28. The van der Waals surface area contributed by atoms with Gasteiger partial charge in [-0.3, -0.25) is 20.3 Å². The third-order valence-corrected chi connectivity index (χ3v) is 3.37. The van der Waals surface area contributed by atoms with Gasteiger partial charge in [-0.2, -0.15) is 0 Å². The minimum absolute atomic E-state index is 0.0526. The van der Waals surface area contributed by atoms with Gasteiger partial charge < -0.3 is 4.42 Å². The van der Waals surface area contributed by atoms with Crippen molar-refractivity contribution in [1.29, 1.82) is 0 Å². The van der Waals surface area contributed by atoms with Crippen LogP contribution in [-0.4, -0.2) is 34.4 Å². The second-order valence-electron chi connectivity index (χ2n) is 5.22. The zero-order valence-corrected chi connectivity index (χ0v) is 12.7. The van der Waals surface area contributed by atoms with Gasteiger partial charge in [-0.15, -0.1) is 0 Å². The first-order valence-electron chi connectivity index (χ1n) is 7.23. The number of rotatable bonds is 5. The molecule has 2 heterocycles. The molecule has 0 unspecified atom stereocenters. The lowest BCUT2D eigenvalue weighted by Gasteiger charge is -2.13. The highest BCUT2D eigenvalue weighted by atomic mass is 19.1. The number of hydrogen-bond donors (Lipinski definition) is 2. The smallest absolute Gasteiger partial charge is 0.343 e. The van der Waals surface area contributed by atoms with E-state index in [2.05, 4.69) is 10.4 Å². The van der Waals surface area contributed by atoms with Crippen LogP contribution in [-0.2, 0) is 16.0 Å². The third kappa shape index (κ3) is 3.79. The minimum Gasteiger partial charge on any atom is -0.441 e. The first-order chi connectivity index (χ1) is 11.9. The fourth-order valence-electron chi connectivity index (χ4n) is 2.20. The number of benzene rings is 1. The summed E-state index contributed by atoms with van der Waals surface area (Å²) in [5.74, 6) is -2.23. The Labute approximate surface area is 139 Å². The van der Waals surface area contributed by atoms with E-state index < -0.39 is 29.5 Å². The topological polar surface area (TPSA) is 105 Å². The van der Waals surface area contributed by atoms with E-state index in [1.54, 1.807) is 0 Å². The molecule has 1 fully saturated rings. The van der Waals surface area contributed by atoms with Gasteiger partial charge in [0.2, 0.25) is 11.8 Å². The molecule has 0 bridgehead atoms. The number of hydrazine groups is 1. The van der Waals surface area contributed by atoms with Crippen molar-refractivity contribution in [2.24, 2.45) is 0 Å². The van der Waals surface area contributed by atoms with E-state index in [9.17, 15) is 23.2 Å². The van der Waals surface area contributed by atoms with Crippen molar-refractivity contribution in [1.82, 2.24) is 20.7 Å². The number of hydrogen-bond acceptors (Lipinski definition) is 5. The average Bonchev–Trinajstić information content (AvgIpc) is 3.12. The molecule has 10 heteroatoms. The summed E-state index contributed by atoms with van der Waals surface area (Å²) in [6.07, 6.45) is 1.30. The van der Waals surface area contributed by atoms with Crippen LogP contribution in [0.1, 0.15) is 12.3 Å². The van der Waals surface area contributed by atoms with E-state index in [4.69, 9.17) is 4.42 Å². The number of carbonyl (C=O) groups is 3. The number of nitrogens with one attached hydrogen (secondary N) is 2. The molecule has 25 heavy (non-hydrogen) atoms. The summed E-state index contributed by atoms with van der Waals surface area (Å²) in [5.41, 5.74) is 2.33. The molecular formula is C15H12F2N4O4. The zero-order valence-electron chi connectivity index (χ0n) is 12.7. The molecule has 3 rings (SSSR count). The largest absolute Gasteiger partial charge is 0.441 e. The Morgan fingerprint density at radius 3 is 2.84 bits per heavy atom. The molecule has 8 nitrogen and oxygen atoms in total. The van der Waals surface area contributed by atoms with E-state index in [1.807, 2.05) is 5.32 Å². The number of amides is 4. The first-order valence-corrected chi connectivity index (χ1v) is 7.23. The first kappa shape index (κ1) is 16.6. The van der Waals surface area contributed by atoms with Crippen LogP contribution in [0.2, 0.25) is 0 Å². The Balaban J connectivity index is 1.57. The minimum atomic E-state index is -0.787. The summed E-state index contributed by atoms with van der Waals surface area (Å²) >= 11 is 0. The number of aromatic nitrogens is 1. The van der Waals surface area contributed by atoms with Crippen molar-refractivity contribution < 1.29 is 27.6 Å². The Morgan fingerprint density at radius 2 is 2.16 bits per heavy atom. The van der Waals surface area contributed by atoms with E-state index in [1.165, 1.54) is 12.3 Å². The standard InChI is InChI=1S/C15H12F2N4O4/c16-8-1-2-9(10(17)5-8)11-6-18-14(25-11)4-3-12(22)20-21-7-13(23)19-15(21)24/h1-2,5-6H,3-4,7H2,(H,20,22)(H,19,23,24). The maximum absolute atomic E-state index is 13.7. The highest BCUT2D eigenvalue weighted by molar-refractivity contribution is 6.02. The van der Waals surface area contributed by atoms with Gasteiger partial charge >= 0.3 is 6.03 Å². The summed E-state index contributed by atoms with van der Waals surface area (Å²) in [7, 11) is 0. The maximum atomic E-state index is 13.7. The summed E-state index contributed by atoms with van der Waals surface area (Å²) in [4.78, 5) is 38.0. The Kier molecular flexibility index (Phi) is 4.42. The van der Waals surface area contributed by atoms with Crippen LogP contribution in [0, 0.1) is 11.6 Å². The van der Waals surface area contributed by atoms with Crippen LogP contribution in [0.3, 0.4) is 0 Å². The van der Waals surface area contributed by atoms with Gasteiger partial charge in [0.1, 0.15) is 18.2 Å². The van der Waals surface area contributed by atoms with Crippen molar-refractivity contribution in [3.05, 3.63) is 41.9 Å². The highest BCUT2D eigenvalue weighted by Crippen LogP contribution is 2.24. The SMILES string of the molecule is O=C1CN(NC(=O)CCc2ncc(-c3ccc(F)cc3F)o2)C(=O)N1. The van der Waals surface area contributed by atoms with Crippen LogP contribution in [0.25, 0.3) is 11.3 Å². The van der Waals surface area contributed by atoms with E-state index in [-0.39, 0.29) is 36.6 Å². The van der Waals surface area contributed by atoms with Crippen molar-refractivity contribution in [3.63, 3.8) is 0 Å². The molecule has 0 saturated carbocycles. The second kappa shape index (κ2) is 6.67. The summed E-state index contributed by atoms with van der Waals surface area (Å²) in [6, 6.07) is 2.35. The zero-order chi connectivity index (χ0) is 18.0. The molecule has 1 aromatic heterocycles. The number of halogens is 2. The lowest BCUT2D eigenvalue weighted by atomic mass is 10.2. The van der Waals surface area contributed by atoms with Crippen LogP contribution >= 0.6 is 0 Å². The van der Waals surface area contributed by atoms with Crippen molar-refractivity contribution in [2.75, 3.05) is 6.54 Å². The molecule has 2 aromatic rings. The second-order valence-corrected chi connectivity index (χ2v) is 5.22. The fraction of sp³-hybridized carbons (Fsp3) is 0.200. The van der Waals surface area contributed by atoms with Crippen LogP contribution < -0.4 is 10.7 Å². The predicted molar refractivity (Wildman–Crippen MR) is 78.6 cm³/mol. The van der Waals surface area contributed by atoms with Crippen LogP contribution in [0.5, 0.6) is 0 Å². The molecular weight excluding hydrogens is 338 g/mol. The molecule has 0 aliphatic carbocycles. The van der Waals surface area contributed by atoms with Crippen LogP contribution in [0.4, 0.5) is 13.6 Å². The monoisotopic (exact) mass is 350 g/mol. The number of imide groups is 1. The molecule has 2 N–H and O–H groups in total. The Morgan fingerprint density at radius 1 is 1.36 bits per heavy atom. The van der Waals surface area contributed by atoms with Gasteiger partial charge in [-0.05, 0) is 12.1 Å². The number of carbonyl (C=O) groups excluding carboxylic acids is 3. The fourth-order valence-corrected chi connectivity index (χ4v) is 2.20. The van der Waals surface area contributed by atoms with E-state index in [0.717, 1.165) is 17.1 Å². The van der Waals surface area contributed by atoms with Gasteiger partial charge in [-0.25, -0.2) is 23.6 Å². The summed E-state index contributed by atoms with van der Waals surface area (Å²) in [6.45, 7) is -0.252. The van der Waals surface area contributed by atoms with Gasteiger partial charge in [-0.1, -0.05) is 0 Å². The quantitative estimate of drug-likeness (QED) is 0.787. The molecule has 1 aliphatic heterocycles. The summed E-state index contributed by atoms with van der Waals surface area (Å²) in [5, 5.41) is 2.88. The van der Waals surface area contributed by atoms with E-state index in [0.29, 0.717) is 0 Å². The lowest BCUT2D eigenvalue weighted by Crippen LogP contribution is -2.44. The molecule has 0 radical (unpaired) electrons. The summed E-state index contributed by atoms with van der Waals surface area (Å²) < 4.78 is 32.0. The molecule has 1 aliphatic rings. The third-order valence-electron chi connectivity index (χ3n) is 3.37. The molecule has 1 saturated heterocycles. The Bertz CT molecular complexity index is 852. The number of aryl methyl sites for hydroxylation is 1. The van der Waals surface area contributed by atoms with Gasteiger partial charge in [0, 0.05) is 18.9 Å². The van der Waals surface area contributed by atoms with Gasteiger partial charge in [0.25, 0.3) is 0 Å². The van der Waals surface area contributed by atoms with E-state index >= 15 is 0 Å².